The van der Waals surface area contributed by atoms with E-state index in [-0.39, 0.29) is 10.7 Å². The van der Waals surface area contributed by atoms with E-state index in [0.717, 1.165) is 18.6 Å². The SMILES string of the molecule is CC1(C(=O)Nc2cccnc2Cl)CCCS1. The van der Waals surface area contributed by atoms with Crippen molar-refractivity contribution in [1.82, 2.24) is 4.98 Å². The Kier molecular flexibility index (Phi) is 3.40. The number of pyridine rings is 1. The number of nitrogens with one attached hydrogen (secondary N) is 1. The van der Waals surface area contributed by atoms with Gasteiger partial charge in [0.15, 0.2) is 5.15 Å². The summed E-state index contributed by atoms with van der Waals surface area (Å²) >= 11 is 7.59. The Bertz CT molecular complexity index is 405. The summed E-state index contributed by atoms with van der Waals surface area (Å²) in [5.74, 6) is 1.06. The molecule has 1 atom stereocenters. The lowest BCUT2D eigenvalue weighted by Gasteiger charge is -2.21. The number of carbonyl (C=O) groups excluding carboxylic acids is 1. The second kappa shape index (κ2) is 4.63. The monoisotopic (exact) mass is 256 g/mol. The van der Waals surface area contributed by atoms with Gasteiger partial charge in [0.2, 0.25) is 5.91 Å². The van der Waals surface area contributed by atoms with Crippen molar-refractivity contribution < 1.29 is 4.79 Å². The highest BCUT2D eigenvalue weighted by molar-refractivity contribution is 8.01. The van der Waals surface area contributed by atoms with Crippen molar-refractivity contribution in [1.29, 1.82) is 0 Å². The van der Waals surface area contributed by atoms with Gasteiger partial charge in [-0.3, -0.25) is 4.79 Å². The van der Waals surface area contributed by atoms with Gasteiger partial charge in [-0.05, 0) is 37.7 Å². The van der Waals surface area contributed by atoms with Crippen LogP contribution in [0.3, 0.4) is 0 Å². The van der Waals surface area contributed by atoms with Gasteiger partial charge in [0.1, 0.15) is 0 Å². The Morgan fingerprint density at radius 1 is 1.69 bits per heavy atom. The van der Waals surface area contributed by atoms with Crippen LogP contribution in [0.5, 0.6) is 0 Å². The molecule has 0 aliphatic carbocycles. The number of nitrogens with zero attached hydrogens (tertiary/aromatic N) is 1. The zero-order chi connectivity index (χ0) is 11.6. The van der Waals surface area contributed by atoms with E-state index in [9.17, 15) is 4.79 Å². The van der Waals surface area contributed by atoms with Crippen molar-refractivity contribution in [2.24, 2.45) is 0 Å². The summed E-state index contributed by atoms with van der Waals surface area (Å²) in [5.41, 5.74) is 0.586. The normalized spacial score (nSPS) is 24.4. The fraction of sp³-hybridized carbons (Fsp3) is 0.455. The lowest BCUT2D eigenvalue weighted by atomic mass is 10.0. The zero-order valence-corrected chi connectivity index (χ0v) is 10.6. The number of aromatic nitrogens is 1. The van der Waals surface area contributed by atoms with Gasteiger partial charge in [-0.2, -0.15) is 0 Å². The zero-order valence-electron chi connectivity index (χ0n) is 9.00. The number of thioether (sulfide) groups is 1. The Morgan fingerprint density at radius 3 is 3.12 bits per heavy atom. The van der Waals surface area contributed by atoms with Gasteiger partial charge < -0.3 is 5.32 Å². The summed E-state index contributed by atoms with van der Waals surface area (Å²) in [6, 6.07) is 3.52. The molecule has 86 valence electrons. The van der Waals surface area contributed by atoms with Crippen molar-refractivity contribution >= 4 is 35.0 Å². The first kappa shape index (κ1) is 11.7. The molecule has 2 rings (SSSR count). The number of halogens is 1. The molecule has 16 heavy (non-hydrogen) atoms. The van der Waals surface area contributed by atoms with Crippen LogP contribution >= 0.6 is 23.4 Å². The van der Waals surface area contributed by atoms with E-state index in [4.69, 9.17) is 11.6 Å². The predicted molar refractivity (Wildman–Crippen MR) is 68.0 cm³/mol. The number of hydrogen-bond acceptors (Lipinski definition) is 3. The van der Waals surface area contributed by atoms with Gasteiger partial charge in [-0.15, -0.1) is 11.8 Å². The van der Waals surface area contributed by atoms with Gasteiger partial charge >= 0.3 is 0 Å². The van der Waals surface area contributed by atoms with Crippen molar-refractivity contribution in [3.05, 3.63) is 23.5 Å². The third-order valence-corrected chi connectivity index (χ3v) is 4.53. The molecule has 0 saturated carbocycles. The van der Waals surface area contributed by atoms with Crippen molar-refractivity contribution in [3.63, 3.8) is 0 Å². The maximum absolute atomic E-state index is 12.1. The van der Waals surface area contributed by atoms with Gasteiger partial charge in [0.25, 0.3) is 0 Å². The smallest absolute Gasteiger partial charge is 0.240 e. The van der Waals surface area contributed by atoms with Crippen LogP contribution in [0.1, 0.15) is 19.8 Å². The Morgan fingerprint density at radius 2 is 2.50 bits per heavy atom. The van der Waals surface area contributed by atoms with E-state index in [1.807, 2.05) is 6.92 Å². The van der Waals surface area contributed by atoms with E-state index in [2.05, 4.69) is 10.3 Å². The molecule has 1 aliphatic rings. The molecule has 1 saturated heterocycles. The summed E-state index contributed by atoms with van der Waals surface area (Å²) in [4.78, 5) is 16.0. The van der Waals surface area contributed by atoms with E-state index in [1.165, 1.54) is 0 Å². The number of amides is 1. The average Bonchev–Trinajstić information content (AvgIpc) is 2.70. The number of hydrogen-bond donors (Lipinski definition) is 1. The summed E-state index contributed by atoms with van der Waals surface area (Å²) in [6.07, 6.45) is 3.61. The molecule has 2 heterocycles. The summed E-state index contributed by atoms with van der Waals surface area (Å²) < 4.78 is -0.320. The molecule has 1 unspecified atom stereocenters. The molecule has 0 radical (unpaired) electrons. The molecule has 1 fully saturated rings. The standard InChI is InChI=1S/C11H13ClN2OS/c1-11(5-3-7-16-11)10(15)14-8-4-2-6-13-9(8)12/h2,4,6H,3,5,7H2,1H3,(H,14,15). The van der Waals surface area contributed by atoms with Crippen LogP contribution in [0.4, 0.5) is 5.69 Å². The van der Waals surface area contributed by atoms with Gasteiger partial charge in [0, 0.05) is 6.20 Å². The first-order valence-corrected chi connectivity index (χ1v) is 6.54. The highest BCUT2D eigenvalue weighted by Crippen LogP contribution is 2.38. The van der Waals surface area contributed by atoms with Crippen LogP contribution < -0.4 is 5.32 Å². The van der Waals surface area contributed by atoms with Crippen LogP contribution in [-0.2, 0) is 4.79 Å². The molecule has 1 aromatic heterocycles. The highest BCUT2D eigenvalue weighted by Gasteiger charge is 2.37. The lowest BCUT2D eigenvalue weighted by molar-refractivity contribution is -0.118. The summed E-state index contributed by atoms with van der Waals surface area (Å²) in [7, 11) is 0. The second-order valence-electron chi connectivity index (χ2n) is 3.98. The molecule has 5 heteroatoms. The maximum Gasteiger partial charge on any atom is 0.240 e. The highest BCUT2D eigenvalue weighted by atomic mass is 35.5. The minimum atomic E-state index is -0.320. The van der Waals surface area contributed by atoms with E-state index >= 15 is 0 Å². The molecule has 0 aromatic carbocycles. The molecule has 0 bridgehead atoms. The van der Waals surface area contributed by atoms with Crippen molar-refractivity contribution in [2.45, 2.75) is 24.5 Å². The van der Waals surface area contributed by atoms with Crippen molar-refractivity contribution in [2.75, 3.05) is 11.1 Å². The first-order valence-electron chi connectivity index (χ1n) is 5.18. The van der Waals surface area contributed by atoms with Crippen LogP contribution in [0.25, 0.3) is 0 Å². The first-order chi connectivity index (χ1) is 7.62. The van der Waals surface area contributed by atoms with Gasteiger partial charge in [-0.1, -0.05) is 11.6 Å². The fourth-order valence-electron chi connectivity index (χ4n) is 1.69. The summed E-state index contributed by atoms with van der Waals surface area (Å²) in [5, 5.41) is 3.17. The van der Waals surface area contributed by atoms with E-state index < -0.39 is 0 Å². The number of anilines is 1. The number of carbonyl (C=O) groups is 1. The molecule has 3 nitrogen and oxygen atoms in total. The molecule has 1 N–H and O–H groups in total. The van der Waals surface area contributed by atoms with Crippen LogP contribution in [-0.4, -0.2) is 21.4 Å². The lowest BCUT2D eigenvalue weighted by Crippen LogP contribution is -2.34. The largest absolute Gasteiger partial charge is 0.322 e. The fourth-order valence-corrected chi connectivity index (χ4v) is 3.07. The Hall–Kier alpha value is -0.740. The van der Waals surface area contributed by atoms with E-state index in [0.29, 0.717) is 10.8 Å². The van der Waals surface area contributed by atoms with Crippen molar-refractivity contribution in [3.8, 4) is 0 Å². The van der Waals surface area contributed by atoms with Gasteiger partial charge in [0.05, 0.1) is 10.4 Å². The molecule has 0 spiro atoms. The molecule has 1 amide bonds. The minimum absolute atomic E-state index is 0.0184. The predicted octanol–water partition coefficient (Wildman–Crippen LogP) is 2.96. The average molecular weight is 257 g/mol. The molecule has 1 aliphatic heterocycles. The quantitative estimate of drug-likeness (QED) is 0.828. The van der Waals surface area contributed by atoms with Crippen LogP contribution in [0, 0.1) is 0 Å². The van der Waals surface area contributed by atoms with Gasteiger partial charge in [-0.25, -0.2) is 4.98 Å². The molecular weight excluding hydrogens is 244 g/mol. The van der Waals surface area contributed by atoms with Crippen LogP contribution in [0.15, 0.2) is 18.3 Å². The minimum Gasteiger partial charge on any atom is -0.322 e. The van der Waals surface area contributed by atoms with E-state index in [1.54, 1.807) is 30.1 Å². The third-order valence-electron chi connectivity index (χ3n) is 2.71. The molecule has 1 aromatic rings. The Balaban J connectivity index is 2.10. The second-order valence-corrected chi connectivity index (χ2v) is 5.93. The number of rotatable bonds is 2. The van der Waals surface area contributed by atoms with Crippen LogP contribution in [0.2, 0.25) is 5.15 Å². The third kappa shape index (κ3) is 2.33. The summed E-state index contributed by atoms with van der Waals surface area (Å²) in [6.45, 7) is 1.98. The maximum atomic E-state index is 12.1. The Labute approximate surface area is 104 Å². The topological polar surface area (TPSA) is 42.0 Å². The molecular formula is C11H13ClN2OS.